The van der Waals surface area contributed by atoms with Crippen molar-refractivity contribution in [2.24, 2.45) is 0 Å². The number of benzene rings is 1. The predicted molar refractivity (Wildman–Crippen MR) is 58.6 cm³/mol. The maximum Gasteiger partial charge on any atom is 0.141 e. The van der Waals surface area contributed by atoms with Crippen LogP contribution in [0.2, 0.25) is 0 Å². The van der Waals surface area contributed by atoms with Crippen LogP contribution in [0.15, 0.2) is 22.7 Å². The quantitative estimate of drug-likeness (QED) is 0.787. The molecule has 0 atom stereocenters. The molecule has 1 heterocycles. The van der Waals surface area contributed by atoms with Gasteiger partial charge >= 0.3 is 0 Å². The van der Waals surface area contributed by atoms with E-state index in [9.17, 15) is 4.39 Å². The lowest BCUT2D eigenvalue weighted by Gasteiger charge is -2.15. The average Bonchev–Trinajstić information content (AvgIpc) is 2.66. The molecule has 0 saturated carbocycles. The van der Waals surface area contributed by atoms with Gasteiger partial charge in [0.05, 0.1) is 4.47 Å². The molecule has 76 valence electrons. The third kappa shape index (κ3) is 2.15. The monoisotopic (exact) mass is 257 g/mol. The van der Waals surface area contributed by atoms with E-state index < -0.39 is 0 Å². The van der Waals surface area contributed by atoms with Crippen molar-refractivity contribution >= 4 is 15.9 Å². The van der Waals surface area contributed by atoms with E-state index in [2.05, 4.69) is 20.8 Å². The zero-order valence-corrected chi connectivity index (χ0v) is 9.56. The second-order valence-electron chi connectivity index (χ2n) is 3.70. The Hall–Kier alpha value is -0.410. The molecule has 0 spiro atoms. The molecule has 0 unspecified atom stereocenters. The molecule has 1 nitrogen and oxygen atoms in total. The molecule has 0 amide bonds. The van der Waals surface area contributed by atoms with E-state index >= 15 is 0 Å². The van der Waals surface area contributed by atoms with Crippen LogP contribution in [0.3, 0.4) is 0 Å². The second-order valence-corrected chi connectivity index (χ2v) is 4.55. The first-order valence-electron chi connectivity index (χ1n) is 4.92. The molecule has 0 bridgehead atoms. The van der Waals surface area contributed by atoms with Gasteiger partial charge in [-0.25, -0.2) is 4.39 Å². The van der Waals surface area contributed by atoms with Gasteiger partial charge in [0, 0.05) is 12.1 Å². The van der Waals surface area contributed by atoms with E-state index in [-0.39, 0.29) is 5.82 Å². The number of nitrogens with zero attached hydrogens (tertiary/aromatic N) is 1. The fraction of sp³-hybridized carbons (Fsp3) is 0.455. The number of hydrogen-bond acceptors (Lipinski definition) is 1. The normalized spacial score (nSPS) is 17.6. The van der Waals surface area contributed by atoms with Crippen LogP contribution >= 0.6 is 15.9 Å². The van der Waals surface area contributed by atoms with Crippen LogP contribution in [0.1, 0.15) is 18.4 Å². The highest BCUT2D eigenvalue weighted by Crippen LogP contribution is 2.21. The molecule has 1 aliphatic rings. The lowest BCUT2D eigenvalue weighted by atomic mass is 10.2. The molecule has 1 aromatic carbocycles. The summed E-state index contributed by atoms with van der Waals surface area (Å²) >= 11 is 3.20. The average molecular weight is 258 g/mol. The fourth-order valence-electron chi connectivity index (χ4n) is 1.85. The smallest absolute Gasteiger partial charge is 0.141 e. The van der Waals surface area contributed by atoms with E-state index in [1.807, 2.05) is 12.1 Å². The predicted octanol–water partition coefficient (Wildman–Crippen LogP) is 3.18. The molecule has 0 radical (unpaired) electrons. The molecule has 1 aromatic rings. The Balaban J connectivity index is 2.11. The van der Waals surface area contributed by atoms with E-state index in [1.54, 1.807) is 6.07 Å². The van der Waals surface area contributed by atoms with Crippen molar-refractivity contribution in [3.63, 3.8) is 0 Å². The first-order valence-corrected chi connectivity index (χ1v) is 5.72. The molecule has 1 aliphatic heterocycles. The number of likely N-dealkylation sites (tertiary alicyclic amines) is 1. The van der Waals surface area contributed by atoms with Crippen LogP contribution in [-0.4, -0.2) is 18.0 Å². The number of hydrogen-bond donors (Lipinski definition) is 0. The molecule has 0 aromatic heterocycles. The van der Waals surface area contributed by atoms with Crippen molar-refractivity contribution in [3.05, 3.63) is 34.1 Å². The minimum absolute atomic E-state index is 0.112. The summed E-state index contributed by atoms with van der Waals surface area (Å²) in [5, 5.41) is 0. The van der Waals surface area contributed by atoms with Crippen molar-refractivity contribution < 1.29 is 4.39 Å². The Labute approximate surface area is 92.0 Å². The molecule has 2 rings (SSSR count). The van der Waals surface area contributed by atoms with Crippen LogP contribution < -0.4 is 0 Å². The van der Waals surface area contributed by atoms with Gasteiger partial charge in [-0.2, -0.15) is 0 Å². The third-order valence-corrected chi connectivity index (χ3v) is 3.24. The van der Waals surface area contributed by atoms with E-state index in [1.165, 1.54) is 12.8 Å². The van der Waals surface area contributed by atoms with Crippen LogP contribution in [0.4, 0.5) is 4.39 Å². The maximum absolute atomic E-state index is 13.6. The van der Waals surface area contributed by atoms with Gasteiger partial charge in [0.1, 0.15) is 5.82 Å². The summed E-state index contributed by atoms with van der Waals surface area (Å²) < 4.78 is 14.1. The minimum atomic E-state index is -0.112. The molecule has 1 saturated heterocycles. The summed E-state index contributed by atoms with van der Waals surface area (Å²) in [5.41, 5.74) is 0.793. The fourth-order valence-corrected chi connectivity index (χ4v) is 2.26. The summed E-state index contributed by atoms with van der Waals surface area (Å²) in [4.78, 5) is 2.30. The van der Waals surface area contributed by atoms with Gasteiger partial charge in [0.25, 0.3) is 0 Å². The Morgan fingerprint density at radius 3 is 2.71 bits per heavy atom. The van der Waals surface area contributed by atoms with Gasteiger partial charge in [-0.15, -0.1) is 0 Å². The van der Waals surface area contributed by atoms with Crippen molar-refractivity contribution in [1.29, 1.82) is 0 Å². The SMILES string of the molecule is Fc1c(Br)cccc1CN1CCCC1. The maximum atomic E-state index is 13.6. The zero-order valence-electron chi connectivity index (χ0n) is 7.97. The lowest BCUT2D eigenvalue weighted by molar-refractivity contribution is 0.325. The Kier molecular flexibility index (Phi) is 3.19. The zero-order chi connectivity index (χ0) is 9.97. The van der Waals surface area contributed by atoms with Crippen molar-refractivity contribution in [1.82, 2.24) is 4.90 Å². The minimum Gasteiger partial charge on any atom is -0.299 e. The second kappa shape index (κ2) is 4.41. The summed E-state index contributed by atoms with van der Waals surface area (Å²) in [5.74, 6) is -0.112. The summed E-state index contributed by atoms with van der Waals surface area (Å²) in [6, 6.07) is 5.49. The van der Waals surface area contributed by atoms with Gasteiger partial charge in [0.15, 0.2) is 0 Å². The molecule has 3 heteroatoms. The molecule has 0 aliphatic carbocycles. The van der Waals surface area contributed by atoms with Gasteiger partial charge in [-0.05, 0) is 47.9 Å². The van der Waals surface area contributed by atoms with Crippen LogP contribution in [-0.2, 0) is 6.54 Å². The third-order valence-electron chi connectivity index (χ3n) is 2.62. The molecule has 1 fully saturated rings. The van der Waals surface area contributed by atoms with E-state index in [0.717, 1.165) is 25.2 Å². The molecule has 14 heavy (non-hydrogen) atoms. The Morgan fingerprint density at radius 2 is 2.00 bits per heavy atom. The van der Waals surface area contributed by atoms with Crippen LogP contribution in [0, 0.1) is 5.82 Å². The van der Waals surface area contributed by atoms with Crippen LogP contribution in [0.25, 0.3) is 0 Å². The van der Waals surface area contributed by atoms with Crippen LogP contribution in [0.5, 0.6) is 0 Å². The van der Waals surface area contributed by atoms with Gasteiger partial charge in [-0.3, -0.25) is 4.90 Å². The first-order chi connectivity index (χ1) is 6.77. The number of halogens is 2. The Bertz CT molecular complexity index is 321. The van der Waals surface area contributed by atoms with Gasteiger partial charge in [-0.1, -0.05) is 12.1 Å². The first kappa shape index (κ1) is 10.1. The van der Waals surface area contributed by atoms with E-state index in [0.29, 0.717) is 4.47 Å². The summed E-state index contributed by atoms with van der Waals surface area (Å²) in [7, 11) is 0. The summed E-state index contributed by atoms with van der Waals surface area (Å²) in [6.45, 7) is 2.95. The van der Waals surface area contributed by atoms with Gasteiger partial charge < -0.3 is 0 Å². The Morgan fingerprint density at radius 1 is 1.29 bits per heavy atom. The van der Waals surface area contributed by atoms with Crippen molar-refractivity contribution in [3.8, 4) is 0 Å². The van der Waals surface area contributed by atoms with Crippen molar-refractivity contribution in [2.75, 3.05) is 13.1 Å². The molecule has 0 N–H and O–H groups in total. The van der Waals surface area contributed by atoms with Crippen molar-refractivity contribution in [2.45, 2.75) is 19.4 Å². The topological polar surface area (TPSA) is 3.24 Å². The van der Waals surface area contributed by atoms with E-state index in [4.69, 9.17) is 0 Å². The highest BCUT2D eigenvalue weighted by atomic mass is 79.9. The molecular weight excluding hydrogens is 245 g/mol. The largest absolute Gasteiger partial charge is 0.299 e. The lowest BCUT2D eigenvalue weighted by Crippen LogP contribution is -2.19. The highest BCUT2D eigenvalue weighted by Gasteiger charge is 2.14. The van der Waals surface area contributed by atoms with Gasteiger partial charge in [0.2, 0.25) is 0 Å². The highest BCUT2D eigenvalue weighted by molar-refractivity contribution is 9.10. The number of rotatable bonds is 2. The molecular formula is C11H13BrFN. The standard InChI is InChI=1S/C11H13BrFN/c12-10-5-3-4-9(11(10)13)8-14-6-1-2-7-14/h3-5H,1-2,6-8H2. The summed E-state index contributed by atoms with van der Waals surface area (Å²) in [6.07, 6.45) is 2.49.